The van der Waals surface area contributed by atoms with Crippen molar-refractivity contribution in [1.29, 1.82) is 0 Å². The number of nitrogens with one attached hydrogen (secondary N) is 2. The highest BCUT2D eigenvalue weighted by atomic mass is 35.5. The number of hydrogen-bond acceptors (Lipinski definition) is 4. The molecule has 5 nitrogen and oxygen atoms in total. The molecule has 0 radical (unpaired) electrons. The maximum Gasteiger partial charge on any atom is 0.242 e. The van der Waals surface area contributed by atoms with Crippen LogP contribution >= 0.6 is 12.4 Å². The third kappa shape index (κ3) is 3.65. The Balaban J connectivity index is 0.00000162. The fourth-order valence-corrected chi connectivity index (χ4v) is 3.23. The molecule has 7 heteroatoms. The van der Waals surface area contributed by atoms with Gasteiger partial charge in [0.15, 0.2) is 0 Å². The van der Waals surface area contributed by atoms with E-state index in [1.54, 1.807) is 18.3 Å². The first-order valence-corrected chi connectivity index (χ1v) is 7.21. The second-order valence-corrected chi connectivity index (χ2v) is 6.10. The van der Waals surface area contributed by atoms with Gasteiger partial charge in [-0.05, 0) is 31.0 Å². The van der Waals surface area contributed by atoms with Crippen molar-refractivity contribution in [1.82, 2.24) is 15.0 Å². The van der Waals surface area contributed by atoms with Crippen LogP contribution in [0.3, 0.4) is 0 Å². The highest BCUT2D eigenvalue weighted by molar-refractivity contribution is 7.89. The van der Waals surface area contributed by atoms with Crippen LogP contribution in [0.25, 0.3) is 0 Å². The molecular formula is C11H18ClN3O2S. The summed E-state index contributed by atoms with van der Waals surface area (Å²) in [4.78, 5) is 4.05. The van der Waals surface area contributed by atoms with Crippen molar-refractivity contribution in [2.45, 2.75) is 24.3 Å². The van der Waals surface area contributed by atoms with Crippen LogP contribution in [0.4, 0.5) is 0 Å². The molecule has 2 unspecified atom stereocenters. The van der Waals surface area contributed by atoms with Crippen LogP contribution in [0.1, 0.15) is 13.3 Å². The van der Waals surface area contributed by atoms with Crippen LogP contribution in [-0.4, -0.2) is 32.5 Å². The van der Waals surface area contributed by atoms with Gasteiger partial charge in [0.25, 0.3) is 0 Å². The molecule has 0 amide bonds. The molecule has 1 aromatic rings. The average molecular weight is 292 g/mol. The molecule has 1 fully saturated rings. The number of nitrogens with zero attached hydrogens (tertiary/aromatic N) is 1. The van der Waals surface area contributed by atoms with E-state index in [2.05, 4.69) is 21.9 Å². The van der Waals surface area contributed by atoms with Gasteiger partial charge in [-0.2, -0.15) is 0 Å². The van der Waals surface area contributed by atoms with Crippen LogP contribution in [0.15, 0.2) is 29.4 Å². The number of halogens is 1. The molecule has 2 heterocycles. The third-order valence-electron chi connectivity index (χ3n) is 3.08. The smallest absolute Gasteiger partial charge is 0.242 e. The van der Waals surface area contributed by atoms with Crippen molar-refractivity contribution in [3.63, 3.8) is 0 Å². The number of pyridine rings is 1. The fourth-order valence-electron chi connectivity index (χ4n) is 1.92. The lowest BCUT2D eigenvalue weighted by Crippen LogP contribution is -2.50. The Labute approximate surface area is 114 Å². The van der Waals surface area contributed by atoms with Crippen molar-refractivity contribution in [2.75, 3.05) is 13.1 Å². The summed E-state index contributed by atoms with van der Waals surface area (Å²) >= 11 is 0. The molecule has 2 rings (SSSR count). The molecule has 0 aliphatic carbocycles. The summed E-state index contributed by atoms with van der Waals surface area (Å²) in [5.74, 6) is 0.350. The van der Waals surface area contributed by atoms with E-state index in [4.69, 9.17) is 0 Å². The average Bonchev–Trinajstić information content (AvgIpc) is 2.33. The Hall–Kier alpha value is -0.690. The lowest BCUT2D eigenvalue weighted by molar-refractivity contribution is 0.327. The minimum absolute atomic E-state index is 0. The SMILES string of the molecule is CC1CCNCC1NS(=O)(=O)c1cccnc1.Cl. The van der Waals surface area contributed by atoms with Crippen LogP contribution in [0.2, 0.25) is 0 Å². The molecule has 1 aromatic heterocycles. The van der Waals surface area contributed by atoms with Crippen LogP contribution < -0.4 is 10.0 Å². The minimum Gasteiger partial charge on any atom is -0.315 e. The van der Waals surface area contributed by atoms with Gasteiger partial charge < -0.3 is 5.32 Å². The van der Waals surface area contributed by atoms with E-state index in [9.17, 15) is 8.42 Å². The van der Waals surface area contributed by atoms with Crippen molar-refractivity contribution < 1.29 is 8.42 Å². The number of piperidine rings is 1. The highest BCUT2D eigenvalue weighted by Gasteiger charge is 2.26. The molecule has 102 valence electrons. The molecule has 2 N–H and O–H groups in total. The zero-order valence-electron chi connectivity index (χ0n) is 10.2. The van der Waals surface area contributed by atoms with E-state index in [0.29, 0.717) is 12.5 Å². The first kappa shape index (κ1) is 15.4. The molecule has 1 saturated heterocycles. The Bertz CT molecular complexity index is 466. The molecular weight excluding hydrogens is 274 g/mol. The fraction of sp³-hybridized carbons (Fsp3) is 0.545. The first-order valence-electron chi connectivity index (χ1n) is 5.72. The van der Waals surface area contributed by atoms with E-state index < -0.39 is 10.0 Å². The van der Waals surface area contributed by atoms with E-state index in [1.807, 2.05) is 0 Å². The van der Waals surface area contributed by atoms with E-state index in [-0.39, 0.29) is 23.3 Å². The van der Waals surface area contributed by atoms with Gasteiger partial charge in [0.05, 0.1) is 0 Å². The third-order valence-corrected chi connectivity index (χ3v) is 4.55. The molecule has 2 atom stereocenters. The Morgan fingerprint density at radius 2 is 2.28 bits per heavy atom. The maximum atomic E-state index is 12.1. The summed E-state index contributed by atoms with van der Waals surface area (Å²) in [6.45, 7) is 3.70. The zero-order valence-corrected chi connectivity index (χ0v) is 11.8. The van der Waals surface area contributed by atoms with Gasteiger partial charge in [0.1, 0.15) is 4.90 Å². The second-order valence-electron chi connectivity index (χ2n) is 4.39. The summed E-state index contributed by atoms with van der Waals surface area (Å²) in [6, 6.07) is 3.13. The minimum atomic E-state index is -3.45. The monoisotopic (exact) mass is 291 g/mol. The molecule has 0 saturated carbocycles. The Morgan fingerprint density at radius 3 is 2.89 bits per heavy atom. The lowest BCUT2D eigenvalue weighted by atomic mass is 9.96. The largest absolute Gasteiger partial charge is 0.315 e. The molecule has 18 heavy (non-hydrogen) atoms. The van der Waals surface area contributed by atoms with E-state index >= 15 is 0 Å². The number of sulfonamides is 1. The normalized spacial score (nSPS) is 24.3. The number of rotatable bonds is 3. The number of hydrogen-bond donors (Lipinski definition) is 2. The predicted octanol–water partition coefficient (Wildman–Crippen LogP) is 0.780. The van der Waals surface area contributed by atoms with Crippen molar-refractivity contribution >= 4 is 22.4 Å². The summed E-state index contributed by atoms with van der Waals surface area (Å²) in [7, 11) is -3.45. The summed E-state index contributed by atoms with van der Waals surface area (Å²) < 4.78 is 26.9. The summed E-state index contributed by atoms with van der Waals surface area (Å²) in [6.07, 6.45) is 3.91. The predicted molar refractivity (Wildman–Crippen MR) is 72.2 cm³/mol. The molecule has 0 bridgehead atoms. The van der Waals surface area contributed by atoms with Crippen molar-refractivity contribution in [2.24, 2.45) is 5.92 Å². The van der Waals surface area contributed by atoms with Crippen molar-refractivity contribution in [3.05, 3.63) is 24.5 Å². The van der Waals surface area contributed by atoms with Gasteiger partial charge in [-0.3, -0.25) is 4.98 Å². The van der Waals surface area contributed by atoms with Gasteiger partial charge in [-0.15, -0.1) is 12.4 Å². The zero-order chi connectivity index (χ0) is 12.3. The van der Waals surface area contributed by atoms with Crippen LogP contribution in [-0.2, 0) is 10.0 Å². The van der Waals surface area contributed by atoms with Crippen LogP contribution in [0.5, 0.6) is 0 Å². The van der Waals surface area contributed by atoms with Gasteiger partial charge in [-0.1, -0.05) is 6.92 Å². The first-order chi connectivity index (χ1) is 8.09. The molecule has 1 aliphatic rings. The molecule has 0 aromatic carbocycles. The lowest BCUT2D eigenvalue weighted by Gasteiger charge is -2.29. The summed E-state index contributed by atoms with van der Waals surface area (Å²) in [5.41, 5.74) is 0. The van der Waals surface area contributed by atoms with Gasteiger partial charge >= 0.3 is 0 Å². The van der Waals surface area contributed by atoms with Crippen LogP contribution in [0, 0.1) is 5.92 Å². The van der Waals surface area contributed by atoms with Gasteiger partial charge in [-0.25, -0.2) is 13.1 Å². The van der Waals surface area contributed by atoms with Gasteiger partial charge in [0.2, 0.25) is 10.0 Å². The van der Waals surface area contributed by atoms with E-state index in [0.717, 1.165) is 13.0 Å². The summed E-state index contributed by atoms with van der Waals surface area (Å²) in [5, 5.41) is 3.20. The van der Waals surface area contributed by atoms with E-state index in [1.165, 1.54) is 6.20 Å². The Kier molecular flexibility index (Phi) is 5.52. The maximum absolute atomic E-state index is 12.1. The quantitative estimate of drug-likeness (QED) is 0.863. The standard InChI is InChI=1S/C11H17N3O2S.ClH/c1-9-4-6-13-8-11(9)14-17(15,16)10-3-2-5-12-7-10;/h2-3,5,7,9,11,13-14H,4,6,8H2,1H3;1H. The van der Waals surface area contributed by atoms with Crippen molar-refractivity contribution in [3.8, 4) is 0 Å². The highest BCUT2D eigenvalue weighted by Crippen LogP contribution is 2.14. The topological polar surface area (TPSA) is 71.1 Å². The Morgan fingerprint density at radius 1 is 1.50 bits per heavy atom. The molecule has 1 aliphatic heterocycles. The molecule has 0 spiro atoms. The number of aromatic nitrogens is 1. The van der Waals surface area contributed by atoms with Gasteiger partial charge in [0, 0.05) is 25.0 Å². The second kappa shape index (κ2) is 6.47.